The Kier molecular flexibility index (Phi) is 5.55. The van der Waals surface area contributed by atoms with Crippen molar-refractivity contribution in [2.75, 3.05) is 33.3 Å². The largest absolute Gasteiger partial charge is 0.493 e. The van der Waals surface area contributed by atoms with Crippen LogP contribution in [0.5, 0.6) is 11.5 Å². The monoisotopic (exact) mass is 286 g/mol. The van der Waals surface area contributed by atoms with Crippen LogP contribution in [-0.2, 0) is 6.54 Å². The van der Waals surface area contributed by atoms with E-state index in [9.17, 15) is 8.78 Å². The van der Waals surface area contributed by atoms with Crippen molar-refractivity contribution >= 4 is 0 Å². The first-order valence-electron chi connectivity index (χ1n) is 6.74. The van der Waals surface area contributed by atoms with Crippen molar-refractivity contribution in [3.8, 4) is 11.5 Å². The molecule has 0 amide bonds. The van der Waals surface area contributed by atoms with Crippen molar-refractivity contribution in [1.29, 1.82) is 0 Å². The fourth-order valence-corrected chi connectivity index (χ4v) is 2.33. The summed E-state index contributed by atoms with van der Waals surface area (Å²) in [5, 5.41) is 3.33. The highest BCUT2D eigenvalue weighted by Gasteiger charge is 2.14. The molecule has 0 aliphatic carbocycles. The average Bonchev–Trinajstić information content (AvgIpc) is 2.67. The lowest BCUT2D eigenvalue weighted by molar-refractivity contribution is -0.0512. The zero-order valence-corrected chi connectivity index (χ0v) is 11.6. The van der Waals surface area contributed by atoms with Gasteiger partial charge in [0, 0.05) is 19.6 Å². The second kappa shape index (κ2) is 7.40. The molecule has 112 valence electrons. The SMILES string of the molecule is COc1ccc(CN2CCCNCC2)cc1OC(F)F. The second-order valence-corrected chi connectivity index (χ2v) is 4.74. The Balaban J connectivity index is 2.07. The number of alkyl halides is 2. The lowest BCUT2D eigenvalue weighted by Crippen LogP contribution is -2.27. The van der Waals surface area contributed by atoms with Gasteiger partial charge in [-0.1, -0.05) is 6.07 Å². The van der Waals surface area contributed by atoms with Crippen molar-refractivity contribution in [3.63, 3.8) is 0 Å². The smallest absolute Gasteiger partial charge is 0.387 e. The summed E-state index contributed by atoms with van der Waals surface area (Å²) < 4.78 is 34.3. The van der Waals surface area contributed by atoms with E-state index in [0.717, 1.165) is 44.7 Å². The number of benzene rings is 1. The fourth-order valence-electron chi connectivity index (χ4n) is 2.33. The molecule has 0 radical (unpaired) electrons. The van der Waals surface area contributed by atoms with E-state index in [1.807, 2.05) is 6.07 Å². The van der Waals surface area contributed by atoms with Crippen molar-refractivity contribution in [2.24, 2.45) is 0 Å². The molecule has 20 heavy (non-hydrogen) atoms. The number of nitrogens with one attached hydrogen (secondary N) is 1. The van der Waals surface area contributed by atoms with Crippen LogP contribution < -0.4 is 14.8 Å². The molecule has 1 aliphatic rings. The van der Waals surface area contributed by atoms with Gasteiger partial charge in [0.25, 0.3) is 0 Å². The number of methoxy groups -OCH3 is 1. The van der Waals surface area contributed by atoms with Crippen molar-refractivity contribution in [3.05, 3.63) is 23.8 Å². The van der Waals surface area contributed by atoms with Gasteiger partial charge in [-0.25, -0.2) is 0 Å². The number of halogens is 2. The molecule has 4 nitrogen and oxygen atoms in total. The Hall–Kier alpha value is -1.40. The van der Waals surface area contributed by atoms with Gasteiger partial charge in [-0.3, -0.25) is 4.90 Å². The number of rotatable bonds is 5. The van der Waals surface area contributed by atoms with E-state index in [4.69, 9.17) is 4.74 Å². The molecule has 0 saturated carbocycles. The maximum Gasteiger partial charge on any atom is 0.387 e. The minimum atomic E-state index is -2.85. The average molecular weight is 286 g/mol. The van der Waals surface area contributed by atoms with E-state index in [1.54, 1.807) is 12.1 Å². The van der Waals surface area contributed by atoms with Gasteiger partial charge >= 0.3 is 6.61 Å². The first-order valence-corrected chi connectivity index (χ1v) is 6.74. The summed E-state index contributed by atoms with van der Waals surface area (Å²) in [7, 11) is 1.44. The topological polar surface area (TPSA) is 33.7 Å². The van der Waals surface area contributed by atoms with E-state index in [0.29, 0.717) is 5.75 Å². The molecular formula is C14H20F2N2O2. The zero-order valence-electron chi connectivity index (χ0n) is 11.6. The number of hydrogen-bond acceptors (Lipinski definition) is 4. The zero-order chi connectivity index (χ0) is 14.4. The summed E-state index contributed by atoms with van der Waals surface area (Å²) in [4.78, 5) is 2.30. The predicted octanol–water partition coefficient (Wildman–Crippen LogP) is 2.09. The minimum absolute atomic E-state index is 0.0907. The van der Waals surface area contributed by atoms with Crippen LogP contribution in [0.15, 0.2) is 18.2 Å². The van der Waals surface area contributed by atoms with Crippen molar-refractivity contribution < 1.29 is 18.3 Å². The molecule has 1 heterocycles. The third kappa shape index (κ3) is 4.31. The highest BCUT2D eigenvalue weighted by Crippen LogP contribution is 2.29. The molecule has 0 atom stereocenters. The molecule has 1 fully saturated rings. The van der Waals surface area contributed by atoms with Crippen LogP contribution in [0.2, 0.25) is 0 Å². The van der Waals surface area contributed by atoms with Gasteiger partial charge in [0.05, 0.1) is 7.11 Å². The van der Waals surface area contributed by atoms with Crippen LogP contribution in [0.4, 0.5) is 8.78 Å². The van der Waals surface area contributed by atoms with Crippen molar-refractivity contribution in [1.82, 2.24) is 10.2 Å². The summed E-state index contributed by atoms with van der Waals surface area (Å²) in [6.45, 7) is 1.82. The van der Waals surface area contributed by atoms with Gasteiger partial charge in [0.1, 0.15) is 0 Å². The predicted molar refractivity (Wildman–Crippen MR) is 72.4 cm³/mol. The first kappa shape index (κ1) is 15.0. The Labute approximate surface area is 117 Å². The van der Waals surface area contributed by atoms with Crippen LogP contribution in [0.25, 0.3) is 0 Å². The van der Waals surface area contributed by atoms with Crippen LogP contribution in [0, 0.1) is 0 Å². The second-order valence-electron chi connectivity index (χ2n) is 4.74. The Morgan fingerprint density at radius 3 is 2.85 bits per heavy atom. The molecule has 1 saturated heterocycles. The highest BCUT2D eigenvalue weighted by atomic mass is 19.3. The van der Waals surface area contributed by atoms with E-state index >= 15 is 0 Å². The molecule has 1 aromatic carbocycles. The quantitative estimate of drug-likeness (QED) is 0.898. The molecule has 6 heteroatoms. The van der Waals surface area contributed by atoms with Gasteiger partial charge < -0.3 is 14.8 Å². The number of hydrogen-bond donors (Lipinski definition) is 1. The molecule has 0 unspecified atom stereocenters. The van der Waals surface area contributed by atoms with E-state index in [1.165, 1.54) is 7.11 Å². The molecule has 1 aromatic rings. The summed E-state index contributed by atoms with van der Waals surface area (Å²) in [6.07, 6.45) is 1.09. The Morgan fingerprint density at radius 1 is 1.25 bits per heavy atom. The standard InChI is InChI=1S/C14H20F2N2O2/c1-19-12-4-3-11(9-13(12)20-14(15)16)10-18-7-2-5-17-6-8-18/h3-4,9,14,17H,2,5-8,10H2,1H3. The minimum Gasteiger partial charge on any atom is -0.493 e. The van der Waals surface area contributed by atoms with Crippen molar-refractivity contribution in [2.45, 2.75) is 19.6 Å². The molecule has 2 rings (SSSR count). The molecular weight excluding hydrogens is 266 g/mol. The number of ether oxygens (including phenoxy) is 2. The molecule has 0 aromatic heterocycles. The van der Waals surface area contributed by atoms with Crippen LogP contribution in [0.1, 0.15) is 12.0 Å². The third-order valence-electron chi connectivity index (χ3n) is 3.28. The Bertz CT molecular complexity index is 422. The van der Waals surface area contributed by atoms with Gasteiger partial charge in [-0.15, -0.1) is 0 Å². The van der Waals surface area contributed by atoms with Gasteiger partial charge in [0.2, 0.25) is 0 Å². The first-order chi connectivity index (χ1) is 9.69. The molecule has 1 aliphatic heterocycles. The fraction of sp³-hybridized carbons (Fsp3) is 0.571. The van der Waals surface area contributed by atoms with E-state index < -0.39 is 6.61 Å². The normalized spacial score (nSPS) is 17.0. The van der Waals surface area contributed by atoms with Gasteiger partial charge in [-0.05, 0) is 37.2 Å². The lowest BCUT2D eigenvalue weighted by atomic mass is 10.2. The maximum absolute atomic E-state index is 12.4. The summed E-state index contributed by atoms with van der Waals surface area (Å²) in [5.41, 5.74) is 0.948. The molecule has 0 spiro atoms. The third-order valence-corrected chi connectivity index (χ3v) is 3.28. The highest BCUT2D eigenvalue weighted by molar-refractivity contribution is 5.43. The summed E-state index contributed by atoms with van der Waals surface area (Å²) >= 11 is 0. The van der Waals surface area contributed by atoms with Gasteiger partial charge in [0.15, 0.2) is 11.5 Å². The molecule has 1 N–H and O–H groups in total. The van der Waals surface area contributed by atoms with Crippen LogP contribution >= 0.6 is 0 Å². The van der Waals surface area contributed by atoms with Gasteiger partial charge in [-0.2, -0.15) is 8.78 Å². The number of nitrogens with zero attached hydrogens (tertiary/aromatic N) is 1. The summed E-state index contributed by atoms with van der Waals surface area (Å²) in [5.74, 6) is 0.416. The summed E-state index contributed by atoms with van der Waals surface area (Å²) in [6, 6.07) is 5.18. The van der Waals surface area contributed by atoms with E-state index in [-0.39, 0.29) is 5.75 Å². The maximum atomic E-state index is 12.4. The lowest BCUT2D eigenvalue weighted by Gasteiger charge is -2.20. The van der Waals surface area contributed by atoms with Crippen LogP contribution in [-0.4, -0.2) is 44.8 Å². The van der Waals surface area contributed by atoms with E-state index in [2.05, 4.69) is 15.0 Å². The van der Waals surface area contributed by atoms with Crippen LogP contribution in [0.3, 0.4) is 0 Å². The Morgan fingerprint density at radius 2 is 2.10 bits per heavy atom. The molecule has 0 bridgehead atoms.